The molecule has 2 aromatic rings. The first kappa shape index (κ1) is 22.8. The molecule has 1 saturated heterocycles. The number of carboxylic acid groups (broad SMARTS) is 1. The lowest BCUT2D eigenvalue weighted by Crippen LogP contribution is -2.57. The van der Waals surface area contributed by atoms with Gasteiger partial charge in [-0.2, -0.15) is 0 Å². The largest absolute Gasteiger partial charge is 0.481 e. The molecule has 7 nitrogen and oxygen atoms in total. The number of ether oxygens (including phenoxy) is 1. The first-order valence-electron chi connectivity index (χ1n) is 11.4. The maximum absolute atomic E-state index is 13.2. The number of benzene rings is 2. The fraction of sp³-hybridized carbons (Fsp3) is 0.423. The number of carboxylic acids is 1. The van der Waals surface area contributed by atoms with E-state index in [4.69, 9.17) is 9.84 Å². The Hall–Kier alpha value is -3.35. The summed E-state index contributed by atoms with van der Waals surface area (Å²) in [6, 6.07) is 16.1. The molecule has 2 N–H and O–H groups in total. The zero-order chi connectivity index (χ0) is 23.6. The van der Waals surface area contributed by atoms with Crippen LogP contribution in [0.25, 0.3) is 11.1 Å². The average Bonchev–Trinajstić information content (AvgIpc) is 3.38. The predicted octanol–water partition coefficient (Wildman–Crippen LogP) is 4.16. The number of aliphatic carboxylic acids is 1. The topological polar surface area (TPSA) is 95.9 Å². The van der Waals surface area contributed by atoms with Gasteiger partial charge in [-0.05, 0) is 55.4 Å². The standard InChI is InChI=1S/C26H30N2O5/c1-26(2,24(31)28-15-7-8-17(28)13-14-23(29)30)27-25(32)33-16-22-20-11-5-3-9-18(20)19-10-4-6-12-21(19)22/h3-6,9-12,17,22H,7-8,13-16H2,1-2H3,(H,27,32)(H,29,30). The predicted molar refractivity (Wildman–Crippen MR) is 124 cm³/mol. The zero-order valence-corrected chi connectivity index (χ0v) is 19.0. The van der Waals surface area contributed by atoms with Crippen molar-refractivity contribution < 1.29 is 24.2 Å². The molecular formula is C26H30N2O5. The minimum Gasteiger partial charge on any atom is -0.481 e. The Bertz CT molecular complexity index is 1020. The van der Waals surface area contributed by atoms with Crippen molar-refractivity contribution >= 4 is 18.0 Å². The summed E-state index contributed by atoms with van der Waals surface area (Å²) in [7, 11) is 0. The van der Waals surface area contributed by atoms with Gasteiger partial charge in [0.15, 0.2) is 0 Å². The number of alkyl carbamates (subject to hydrolysis) is 1. The quantitative estimate of drug-likeness (QED) is 0.660. The maximum atomic E-state index is 13.2. The summed E-state index contributed by atoms with van der Waals surface area (Å²) in [6.45, 7) is 4.06. The van der Waals surface area contributed by atoms with Crippen molar-refractivity contribution in [3.05, 3.63) is 59.7 Å². The molecular weight excluding hydrogens is 420 g/mol. The van der Waals surface area contributed by atoms with E-state index in [0.717, 1.165) is 35.1 Å². The molecule has 2 amide bonds. The number of hydrogen-bond acceptors (Lipinski definition) is 4. The van der Waals surface area contributed by atoms with Gasteiger partial charge in [0.1, 0.15) is 12.1 Å². The summed E-state index contributed by atoms with van der Waals surface area (Å²) in [5.41, 5.74) is 3.40. The van der Waals surface area contributed by atoms with Crippen molar-refractivity contribution in [2.45, 2.75) is 57.0 Å². The molecule has 2 aromatic carbocycles. The number of carbonyl (C=O) groups is 3. The summed E-state index contributed by atoms with van der Waals surface area (Å²) in [5, 5.41) is 11.7. The Morgan fingerprint density at radius 2 is 1.67 bits per heavy atom. The molecule has 0 spiro atoms. The van der Waals surface area contributed by atoms with E-state index in [2.05, 4.69) is 29.6 Å². The molecule has 4 rings (SSSR count). The lowest BCUT2D eigenvalue weighted by atomic mass is 9.98. The van der Waals surface area contributed by atoms with Gasteiger partial charge in [0, 0.05) is 24.9 Å². The molecule has 0 radical (unpaired) electrons. The Morgan fingerprint density at radius 3 is 2.27 bits per heavy atom. The normalized spacial score (nSPS) is 17.4. The van der Waals surface area contributed by atoms with E-state index >= 15 is 0 Å². The number of fused-ring (bicyclic) bond motifs is 3. The first-order chi connectivity index (χ1) is 15.8. The third kappa shape index (κ3) is 4.72. The van der Waals surface area contributed by atoms with Gasteiger partial charge >= 0.3 is 12.1 Å². The van der Waals surface area contributed by atoms with Crippen LogP contribution in [0.3, 0.4) is 0 Å². The van der Waals surface area contributed by atoms with Crippen molar-refractivity contribution in [1.29, 1.82) is 0 Å². The molecule has 174 valence electrons. The number of nitrogens with one attached hydrogen (secondary N) is 1. The van der Waals surface area contributed by atoms with Gasteiger partial charge in [-0.1, -0.05) is 48.5 Å². The van der Waals surface area contributed by atoms with E-state index in [0.29, 0.717) is 13.0 Å². The van der Waals surface area contributed by atoms with E-state index in [1.807, 2.05) is 24.3 Å². The average molecular weight is 451 g/mol. The maximum Gasteiger partial charge on any atom is 0.408 e. The molecule has 0 aromatic heterocycles. The van der Waals surface area contributed by atoms with Crippen LogP contribution in [0.1, 0.15) is 56.6 Å². The number of likely N-dealkylation sites (tertiary alicyclic amines) is 1. The van der Waals surface area contributed by atoms with Crippen molar-refractivity contribution in [2.24, 2.45) is 0 Å². The van der Waals surface area contributed by atoms with Crippen LogP contribution in [-0.4, -0.2) is 52.7 Å². The Balaban J connectivity index is 1.38. The third-order valence-electron chi connectivity index (χ3n) is 6.62. The summed E-state index contributed by atoms with van der Waals surface area (Å²) in [6.07, 6.45) is 1.41. The molecule has 1 aliphatic carbocycles. The molecule has 0 saturated carbocycles. The molecule has 1 aliphatic heterocycles. The fourth-order valence-electron chi connectivity index (χ4n) is 5.00. The molecule has 1 fully saturated rings. The number of hydrogen-bond donors (Lipinski definition) is 2. The van der Waals surface area contributed by atoms with Crippen molar-refractivity contribution in [3.8, 4) is 11.1 Å². The highest BCUT2D eigenvalue weighted by Crippen LogP contribution is 2.44. The summed E-state index contributed by atoms with van der Waals surface area (Å²) in [4.78, 5) is 38.5. The van der Waals surface area contributed by atoms with Gasteiger partial charge in [-0.15, -0.1) is 0 Å². The SMILES string of the molecule is CC(C)(NC(=O)OCC1c2ccccc2-c2ccccc21)C(=O)N1CCCC1CCC(=O)O. The second-order valence-corrected chi connectivity index (χ2v) is 9.30. The van der Waals surface area contributed by atoms with E-state index in [1.54, 1.807) is 18.7 Å². The number of carbonyl (C=O) groups excluding carboxylic acids is 2. The van der Waals surface area contributed by atoms with Crippen LogP contribution in [0.15, 0.2) is 48.5 Å². The van der Waals surface area contributed by atoms with E-state index in [9.17, 15) is 14.4 Å². The van der Waals surface area contributed by atoms with Gasteiger partial charge in [-0.25, -0.2) is 4.79 Å². The molecule has 1 heterocycles. The van der Waals surface area contributed by atoms with Crippen LogP contribution in [0, 0.1) is 0 Å². The minimum absolute atomic E-state index is 0.0225. The molecule has 2 aliphatic rings. The van der Waals surface area contributed by atoms with Crippen LogP contribution in [0.2, 0.25) is 0 Å². The van der Waals surface area contributed by atoms with Crippen LogP contribution in [-0.2, 0) is 14.3 Å². The van der Waals surface area contributed by atoms with Gasteiger partial charge < -0.3 is 20.1 Å². The van der Waals surface area contributed by atoms with Crippen molar-refractivity contribution in [3.63, 3.8) is 0 Å². The van der Waals surface area contributed by atoms with Crippen molar-refractivity contribution in [1.82, 2.24) is 10.2 Å². The minimum atomic E-state index is -1.16. The lowest BCUT2D eigenvalue weighted by molar-refractivity contribution is -0.140. The molecule has 7 heteroatoms. The third-order valence-corrected chi connectivity index (χ3v) is 6.62. The van der Waals surface area contributed by atoms with Crippen LogP contribution in [0.4, 0.5) is 4.79 Å². The first-order valence-corrected chi connectivity index (χ1v) is 11.4. The lowest BCUT2D eigenvalue weighted by Gasteiger charge is -2.33. The van der Waals surface area contributed by atoms with Crippen LogP contribution in [0.5, 0.6) is 0 Å². The highest BCUT2D eigenvalue weighted by atomic mass is 16.5. The highest BCUT2D eigenvalue weighted by Gasteiger charge is 2.39. The Labute approximate surface area is 193 Å². The summed E-state index contributed by atoms with van der Waals surface area (Å²) < 4.78 is 5.60. The van der Waals surface area contributed by atoms with E-state index < -0.39 is 17.6 Å². The van der Waals surface area contributed by atoms with Gasteiger partial charge in [0.25, 0.3) is 0 Å². The smallest absolute Gasteiger partial charge is 0.408 e. The zero-order valence-electron chi connectivity index (χ0n) is 19.0. The Morgan fingerprint density at radius 1 is 1.06 bits per heavy atom. The van der Waals surface area contributed by atoms with E-state index in [1.165, 1.54) is 0 Å². The number of rotatable bonds is 7. The Kier molecular flexibility index (Phi) is 6.40. The second-order valence-electron chi connectivity index (χ2n) is 9.30. The summed E-state index contributed by atoms with van der Waals surface area (Å²) >= 11 is 0. The van der Waals surface area contributed by atoms with Crippen LogP contribution < -0.4 is 5.32 Å². The van der Waals surface area contributed by atoms with Gasteiger partial charge in [-0.3, -0.25) is 9.59 Å². The molecule has 1 unspecified atom stereocenters. The van der Waals surface area contributed by atoms with Crippen LogP contribution >= 0.6 is 0 Å². The molecule has 33 heavy (non-hydrogen) atoms. The summed E-state index contributed by atoms with van der Waals surface area (Å²) in [5.74, 6) is -1.14. The monoisotopic (exact) mass is 450 g/mol. The highest BCUT2D eigenvalue weighted by molar-refractivity contribution is 5.89. The van der Waals surface area contributed by atoms with E-state index in [-0.39, 0.29) is 30.9 Å². The van der Waals surface area contributed by atoms with Gasteiger partial charge in [0.2, 0.25) is 5.91 Å². The number of nitrogens with zero attached hydrogens (tertiary/aromatic N) is 1. The molecule has 0 bridgehead atoms. The molecule has 1 atom stereocenters. The second kappa shape index (κ2) is 9.25. The fourth-order valence-corrected chi connectivity index (χ4v) is 5.00. The number of amides is 2. The van der Waals surface area contributed by atoms with Gasteiger partial charge in [0.05, 0.1) is 0 Å². The van der Waals surface area contributed by atoms with Crippen molar-refractivity contribution in [2.75, 3.05) is 13.2 Å².